The van der Waals surface area contributed by atoms with E-state index >= 15 is 0 Å². The van der Waals surface area contributed by atoms with E-state index in [4.69, 9.17) is 4.74 Å². The first kappa shape index (κ1) is 18.1. The van der Waals surface area contributed by atoms with E-state index in [-0.39, 0.29) is 18.5 Å². The van der Waals surface area contributed by atoms with Gasteiger partial charge in [-0.05, 0) is 33.6 Å². The van der Waals surface area contributed by atoms with Crippen molar-refractivity contribution >= 4 is 18.1 Å². The van der Waals surface area contributed by atoms with Crippen molar-refractivity contribution in [3.63, 3.8) is 0 Å². The van der Waals surface area contributed by atoms with Gasteiger partial charge in [0.1, 0.15) is 12.1 Å². The number of piperidine rings is 1. The van der Waals surface area contributed by atoms with E-state index in [2.05, 4.69) is 15.4 Å². The molecule has 1 fully saturated rings. The molecule has 2 N–H and O–H groups in total. The molecule has 8 heteroatoms. The molecule has 3 amide bonds. The molecule has 1 saturated heterocycles. The minimum atomic E-state index is -0.608. The topological polar surface area (TPSA) is 97.0 Å². The smallest absolute Gasteiger partial charge is 0.408 e. The van der Waals surface area contributed by atoms with Crippen molar-refractivity contribution in [2.75, 3.05) is 26.7 Å². The largest absolute Gasteiger partial charge is 0.453 e. The number of alkyl carbamates (subject to hydrolysis) is 2. The van der Waals surface area contributed by atoms with Crippen LogP contribution in [0.1, 0.15) is 33.6 Å². The minimum Gasteiger partial charge on any atom is -0.453 e. The second-order valence-corrected chi connectivity index (χ2v) is 6.15. The molecule has 0 aromatic rings. The molecular weight excluding hydrogens is 290 g/mol. The van der Waals surface area contributed by atoms with E-state index in [9.17, 15) is 14.4 Å². The molecule has 8 nitrogen and oxygen atoms in total. The third kappa shape index (κ3) is 6.64. The Kier molecular flexibility index (Phi) is 6.45. The Balaban J connectivity index is 2.28. The molecule has 1 rings (SSSR count). The van der Waals surface area contributed by atoms with Crippen LogP contribution >= 0.6 is 0 Å². The van der Waals surface area contributed by atoms with Crippen molar-refractivity contribution < 1.29 is 23.9 Å². The summed E-state index contributed by atoms with van der Waals surface area (Å²) in [5.41, 5.74) is -0.592. The molecule has 0 aromatic heterocycles. The lowest BCUT2D eigenvalue weighted by atomic mass is 10.1. The van der Waals surface area contributed by atoms with Crippen LogP contribution in [-0.2, 0) is 14.3 Å². The van der Waals surface area contributed by atoms with Gasteiger partial charge in [0, 0.05) is 19.1 Å². The Hall–Kier alpha value is -1.99. The van der Waals surface area contributed by atoms with Gasteiger partial charge >= 0.3 is 12.2 Å². The van der Waals surface area contributed by atoms with Crippen molar-refractivity contribution in [1.29, 1.82) is 0 Å². The summed E-state index contributed by atoms with van der Waals surface area (Å²) in [5.74, 6) is -0.164. The Labute approximate surface area is 130 Å². The van der Waals surface area contributed by atoms with E-state index in [0.29, 0.717) is 25.9 Å². The fourth-order valence-corrected chi connectivity index (χ4v) is 2.07. The third-order valence-electron chi connectivity index (χ3n) is 3.14. The monoisotopic (exact) mass is 315 g/mol. The quantitative estimate of drug-likeness (QED) is 0.805. The van der Waals surface area contributed by atoms with Gasteiger partial charge in [0.15, 0.2) is 0 Å². The number of nitrogens with zero attached hydrogens (tertiary/aromatic N) is 1. The number of hydrogen-bond donors (Lipinski definition) is 2. The summed E-state index contributed by atoms with van der Waals surface area (Å²) in [5, 5.41) is 5.16. The summed E-state index contributed by atoms with van der Waals surface area (Å²) in [6.07, 6.45) is 0.250. The Bertz CT molecular complexity index is 411. The number of rotatable bonds is 3. The van der Waals surface area contributed by atoms with Gasteiger partial charge in [0.05, 0.1) is 7.11 Å². The number of carbonyl (C=O) groups excluding carboxylic acids is 3. The van der Waals surface area contributed by atoms with Gasteiger partial charge in [-0.2, -0.15) is 0 Å². The van der Waals surface area contributed by atoms with Crippen LogP contribution in [0.25, 0.3) is 0 Å². The number of methoxy groups -OCH3 is 1. The van der Waals surface area contributed by atoms with Crippen molar-refractivity contribution in [1.82, 2.24) is 15.5 Å². The molecule has 0 aliphatic carbocycles. The summed E-state index contributed by atoms with van der Waals surface area (Å²) < 4.78 is 9.61. The second kappa shape index (κ2) is 7.86. The maximum atomic E-state index is 12.0. The van der Waals surface area contributed by atoms with E-state index in [1.165, 1.54) is 7.11 Å². The summed E-state index contributed by atoms with van der Waals surface area (Å²) >= 11 is 0. The van der Waals surface area contributed by atoms with E-state index in [1.807, 2.05) is 0 Å². The maximum Gasteiger partial charge on any atom is 0.408 e. The second-order valence-electron chi connectivity index (χ2n) is 6.15. The average Bonchev–Trinajstić information content (AvgIpc) is 2.43. The highest BCUT2D eigenvalue weighted by Gasteiger charge is 2.24. The van der Waals surface area contributed by atoms with Crippen molar-refractivity contribution in [3.05, 3.63) is 0 Å². The number of carbonyl (C=O) groups is 3. The number of hydrogen-bond acceptors (Lipinski definition) is 5. The lowest BCUT2D eigenvalue weighted by Gasteiger charge is -2.32. The van der Waals surface area contributed by atoms with Gasteiger partial charge in [-0.15, -0.1) is 0 Å². The Morgan fingerprint density at radius 1 is 1.14 bits per heavy atom. The molecule has 126 valence electrons. The molecule has 1 aliphatic rings. The minimum absolute atomic E-state index is 0.00955. The van der Waals surface area contributed by atoms with Gasteiger partial charge < -0.3 is 25.0 Å². The third-order valence-corrected chi connectivity index (χ3v) is 3.14. The Morgan fingerprint density at radius 2 is 1.73 bits per heavy atom. The van der Waals surface area contributed by atoms with Crippen LogP contribution in [-0.4, -0.2) is 61.4 Å². The van der Waals surface area contributed by atoms with Crippen molar-refractivity contribution in [2.24, 2.45) is 0 Å². The summed E-state index contributed by atoms with van der Waals surface area (Å²) in [4.78, 5) is 36.3. The van der Waals surface area contributed by atoms with Crippen LogP contribution in [0.4, 0.5) is 9.59 Å². The lowest BCUT2D eigenvalue weighted by molar-refractivity contribution is -0.131. The normalized spacial score (nSPS) is 15.9. The van der Waals surface area contributed by atoms with Gasteiger partial charge in [0.2, 0.25) is 5.91 Å². The fraction of sp³-hybridized carbons (Fsp3) is 0.786. The van der Waals surface area contributed by atoms with Gasteiger partial charge in [-0.25, -0.2) is 9.59 Å². The molecular formula is C14H25N3O5. The zero-order chi connectivity index (χ0) is 16.8. The Morgan fingerprint density at radius 3 is 2.23 bits per heavy atom. The standard InChI is InChI=1S/C14H25N3O5/c1-14(2,3)22-12(19)15-9-11(18)17-7-5-10(6-8-17)16-13(20)21-4/h10H,5-9H2,1-4H3,(H,15,19)(H,16,20). The predicted molar refractivity (Wildman–Crippen MR) is 79.4 cm³/mol. The summed E-state index contributed by atoms with van der Waals surface area (Å²) in [7, 11) is 1.32. The molecule has 0 aromatic carbocycles. The number of likely N-dealkylation sites (tertiary alicyclic amines) is 1. The van der Waals surface area contributed by atoms with Crippen LogP contribution < -0.4 is 10.6 Å². The highest BCUT2D eigenvalue weighted by atomic mass is 16.6. The first-order valence-corrected chi connectivity index (χ1v) is 7.30. The zero-order valence-electron chi connectivity index (χ0n) is 13.6. The average molecular weight is 315 g/mol. The van der Waals surface area contributed by atoms with Crippen LogP contribution in [0.2, 0.25) is 0 Å². The molecule has 0 radical (unpaired) electrons. The molecule has 0 saturated carbocycles. The van der Waals surface area contributed by atoms with E-state index < -0.39 is 17.8 Å². The highest BCUT2D eigenvalue weighted by molar-refractivity contribution is 5.82. The maximum absolute atomic E-state index is 12.0. The number of ether oxygens (including phenoxy) is 2. The molecule has 1 heterocycles. The molecule has 0 bridgehead atoms. The zero-order valence-corrected chi connectivity index (χ0v) is 13.6. The molecule has 1 aliphatic heterocycles. The van der Waals surface area contributed by atoms with Crippen LogP contribution in [0.5, 0.6) is 0 Å². The summed E-state index contributed by atoms with van der Waals surface area (Å²) in [6, 6.07) is 0.00955. The van der Waals surface area contributed by atoms with Gasteiger partial charge in [0.25, 0.3) is 0 Å². The molecule has 22 heavy (non-hydrogen) atoms. The highest BCUT2D eigenvalue weighted by Crippen LogP contribution is 2.11. The fourth-order valence-electron chi connectivity index (χ4n) is 2.07. The summed E-state index contributed by atoms with van der Waals surface area (Å²) in [6.45, 7) is 6.24. The van der Waals surface area contributed by atoms with Gasteiger partial charge in [-0.1, -0.05) is 0 Å². The SMILES string of the molecule is COC(=O)NC1CCN(C(=O)CNC(=O)OC(C)(C)C)CC1. The van der Waals surface area contributed by atoms with Crippen molar-refractivity contribution in [2.45, 2.75) is 45.3 Å². The molecule has 0 unspecified atom stereocenters. The number of amides is 3. The van der Waals surface area contributed by atoms with Gasteiger partial charge in [-0.3, -0.25) is 4.79 Å². The van der Waals surface area contributed by atoms with Crippen LogP contribution in [0.3, 0.4) is 0 Å². The first-order chi connectivity index (χ1) is 10.2. The van der Waals surface area contributed by atoms with Crippen LogP contribution in [0, 0.1) is 0 Å². The van der Waals surface area contributed by atoms with Crippen molar-refractivity contribution in [3.8, 4) is 0 Å². The van der Waals surface area contributed by atoms with E-state index in [1.54, 1.807) is 25.7 Å². The molecule has 0 spiro atoms. The van der Waals surface area contributed by atoms with E-state index in [0.717, 1.165) is 0 Å². The first-order valence-electron chi connectivity index (χ1n) is 7.30. The number of nitrogens with one attached hydrogen (secondary N) is 2. The molecule has 0 atom stereocenters. The lowest BCUT2D eigenvalue weighted by Crippen LogP contribution is -2.49. The van der Waals surface area contributed by atoms with Crippen LogP contribution in [0.15, 0.2) is 0 Å². The predicted octanol–water partition coefficient (Wildman–Crippen LogP) is 0.858.